The van der Waals surface area contributed by atoms with Crippen LogP contribution in [0.3, 0.4) is 0 Å². The largest absolute Gasteiger partial charge is 0.490 e. The molecule has 2 aromatic rings. The summed E-state index contributed by atoms with van der Waals surface area (Å²) in [5.74, 6) is -0.705. The summed E-state index contributed by atoms with van der Waals surface area (Å²) >= 11 is 5.68. The Morgan fingerprint density at radius 2 is 1.76 bits per heavy atom. The molecule has 180 valence electrons. The number of ether oxygens (including phenoxy) is 1. The Kier molecular flexibility index (Phi) is 7.12. The SMILES string of the molecule is O[C@H]1CCN(CC2(O)CCN(c3ccccc3F)CC2)C[C@]1(O)COc1ccc(Cl)c(F)c1. The number of piperidine rings is 2. The van der Waals surface area contributed by atoms with Crippen molar-refractivity contribution >= 4 is 17.3 Å². The third-order valence-corrected chi connectivity index (χ3v) is 6.93. The molecule has 0 amide bonds. The van der Waals surface area contributed by atoms with Gasteiger partial charge in [0.05, 0.1) is 22.4 Å². The number of β-amino-alcohol motifs (C(OH)–C–C–N with tert-alkyl or cyclic N) is 2. The number of halogens is 3. The number of anilines is 1. The Hall–Kier alpha value is -1.97. The number of nitrogens with zero attached hydrogens (tertiary/aromatic N) is 2. The quantitative estimate of drug-likeness (QED) is 0.588. The zero-order valence-electron chi connectivity index (χ0n) is 18.3. The van der Waals surface area contributed by atoms with E-state index in [1.807, 2.05) is 9.80 Å². The van der Waals surface area contributed by atoms with Gasteiger partial charge in [0.25, 0.3) is 0 Å². The molecule has 3 N–H and O–H groups in total. The lowest BCUT2D eigenvalue weighted by Gasteiger charge is -2.46. The van der Waals surface area contributed by atoms with Crippen LogP contribution in [-0.4, -0.2) is 76.9 Å². The Labute approximate surface area is 197 Å². The van der Waals surface area contributed by atoms with Crippen molar-refractivity contribution in [2.24, 2.45) is 0 Å². The Bertz CT molecular complexity index is 973. The maximum Gasteiger partial charge on any atom is 0.146 e. The van der Waals surface area contributed by atoms with E-state index in [4.69, 9.17) is 16.3 Å². The molecule has 2 saturated heterocycles. The molecule has 0 bridgehead atoms. The van der Waals surface area contributed by atoms with Gasteiger partial charge in [0, 0.05) is 38.8 Å². The molecule has 4 rings (SSSR count). The van der Waals surface area contributed by atoms with Gasteiger partial charge >= 0.3 is 0 Å². The van der Waals surface area contributed by atoms with Crippen LogP contribution in [0, 0.1) is 11.6 Å². The first kappa shape index (κ1) is 24.2. The van der Waals surface area contributed by atoms with Gasteiger partial charge in [-0.1, -0.05) is 23.7 Å². The Balaban J connectivity index is 1.34. The van der Waals surface area contributed by atoms with Gasteiger partial charge in [-0.2, -0.15) is 0 Å². The zero-order valence-corrected chi connectivity index (χ0v) is 19.0. The van der Waals surface area contributed by atoms with Crippen molar-refractivity contribution < 1.29 is 28.8 Å². The highest BCUT2D eigenvalue weighted by Gasteiger charge is 2.44. The van der Waals surface area contributed by atoms with Crippen LogP contribution < -0.4 is 9.64 Å². The molecular formula is C24H29ClF2N2O4. The van der Waals surface area contributed by atoms with Crippen molar-refractivity contribution in [3.05, 3.63) is 59.1 Å². The molecule has 0 spiro atoms. The van der Waals surface area contributed by atoms with Crippen molar-refractivity contribution in [2.45, 2.75) is 36.6 Å². The van der Waals surface area contributed by atoms with Crippen LogP contribution in [0.1, 0.15) is 19.3 Å². The van der Waals surface area contributed by atoms with Crippen LogP contribution in [0.25, 0.3) is 0 Å². The number of aliphatic hydroxyl groups excluding tert-OH is 1. The smallest absolute Gasteiger partial charge is 0.146 e. The molecule has 33 heavy (non-hydrogen) atoms. The minimum absolute atomic E-state index is 0.0285. The summed E-state index contributed by atoms with van der Waals surface area (Å²) in [6.07, 6.45) is 0.216. The van der Waals surface area contributed by atoms with Crippen LogP contribution >= 0.6 is 11.6 Å². The van der Waals surface area contributed by atoms with Crippen molar-refractivity contribution in [1.82, 2.24) is 4.90 Å². The predicted molar refractivity (Wildman–Crippen MR) is 122 cm³/mol. The molecule has 2 aliphatic heterocycles. The third-order valence-electron chi connectivity index (χ3n) is 6.62. The number of hydrogen-bond donors (Lipinski definition) is 3. The lowest BCUT2D eigenvalue weighted by atomic mass is 9.86. The summed E-state index contributed by atoms with van der Waals surface area (Å²) in [5, 5.41) is 32.6. The van der Waals surface area contributed by atoms with Crippen LogP contribution in [-0.2, 0) is 0 Å². The van der Waals surface area contributed by atoms with Gasteiger partial charge in [-0.3, -0.25) is 4.90 Å². The molecule has 2 atom stereocenters. The number of benzene rings is 2. The second kappa shape index (κ2) is 9.72. The normalized spacial score (nSPS) is 25.8. The van der Waals surface area contributed by atoms with Crippen LogP contribution in [0.15, 0.2) is 42.5 Å². The first-order valence-corrected chi connectivity index (χ1v) is 11.5. The highest BCUT2D eigenvalue weighted by molar-refractivity contribution is 6.30. The van der Waals surface area contributed by atoms with Crippen molar-refractivity contribution in [3.63, 3.8) is 0 Å². The number of hydrogen-bond acceptors (Lipinski definition) is 6. The van der Waals surface area contributed by atoms with E-state index in [2.05, 4.69) is 0 Å². The van der Waals surface area contributed by atoms with Crippen molar-refractivity contribution in [2.75, 3.05) is 44.2 Å². The van der Waals surface area contributed by atoms with E-state index in [0.717, 1.165) is 6.07 Å². The molecule has 0 radical (unpaired) electrons. The van der Waals surface area contributed by atoms with E-state index in [0.29, 0.717) is 51.1 Å². The highest BCUT2D eigenvalue weighted by atomic mass is 35.5. The fourth-order valence-corrected chi connectivity index (χ4v) is 4.76. The summed E-state index contributed by atoms with van der Waals surface area (Å²) in [6, 6.07) is 10.6. The Morgan fingerprint density at radius 1 is 1.03 bits per heavy atom. The van der Waals surface area contributed by atoms with E-state index in [1.54, 1.807) is 18.2 Å². The fraction of sp³-hybridized carbons (Fsp3) is 0.500. The van der Waals surface area contributed by atoms with Crippen molar-refractivity contribution in [1.29, 1.82) is 0 Å². The second-order valence-corrected chi connectivity index (χ2v) is 9.55. The van der Waals surface area contributed by atoms with Gasteiger partial charge < -0.3 is 25.0 Å². The highest BCUT2D eigenvalue weighted by Crippen LogP contribution is 2.31. The minimum atomic E-state index is -1.57. The van der Waals surface area contributed by atoms with E-state index < -0.39 is 23.1 Å². The average molecular weight is 483 g/mol. The summed E-state index contributed by atoms with van der Waals surface area (Å²) in [7, 11) is 0. The standard InChI is InChI=1S/C24H29ClF2N2O4/c25-18-6-5-17(13-20(18)27)33-16-24(32)15-28(10-7-22(24)30)14-23(31)8-11-29(12-9-23)21-4-2-1-3-19(21)26/h1-6,13,22,30-32H,7-12,14-16H2/t22-,24-/m0/s1. The molecule has 0 saturated carbocycles. The fourth-order valence-electron chi connectivity index (χ4n) is 4.64. The molecule has 2 aromatic carbocycles. The molecule has 2 heterocycles. The number of rotatable bonds is 6. The molecule has 2 fully saturated rings. The monoisotopic (exact) mass is 482 g/mol. The maximum absolute atomic E-state index is 14.1. The first-order chi connectivity index (χ1) is 15.7. The summed E-state index contributed by atoms with van der Waals surface area (Å²) in [5.41, 5.74) is -2.02. The Morgan fingerprint density at radius 3 is 2.45 bits per heavy atom. The van der Waals surface area contributed by atoms with Gasteiger partial charge in [-0.05, 0) is 43.5 Å². The zero-order chi connectivity index (χ0) is 23.6. The molecule has 9 heteroatoms. The van der Waals surface area contributed by atoms with Crippen LogP contribution in [0.4, 0.5) is 14.5 Å². The molecule has 2 aliphatic rings. The first-order valence-electron chi connectivity index (χ1n) is 11.1. The molecule has 6 nitrogen and oxygen atoms in total. The lowest BCUT2D eigenvalue weighted by molar-refractivity contribution is -0.149. The van der Waals surface area contributed by atoms with E-state index in [1.165, 1.54) is 18.2 Å². The van der Waals surface area contributed by atoms with Gasteiger partial charge in [0.2, 0.25) is 0 Å². The summed E-state index contributed by atoms with van der Waals surface area (Å²) in [6.45, 7) is 1.74. The molecule has 0 aromatic heterocycles. The van der Waals surface area contributed by atoms with Crippen molar-refractivity contribution in [3.8, 4) is 5.75 Å². The van der Waals surface area contributed by atoms with Crippen LogP contribution in [0.5, 0.6) is 5.75 Å². The van der Waals surface area contributed by atoms with Gasteiger partial charge in [-0.15, -0.1) is 0 Å². The van der Waals surface area contributed by atoms with E-state index in [-0.39, 0.29) is 29.7 Å². The molecule has 0 unspecified atom stereocenters. The molecule has 0 aliphatic carbocycles. The third kappa shape index (κ3) is 5.58. The van der Waals surface area contributed by atoms with E-state index >= 15 is 0 Å². The predicted octanol–water partition coefficient (Wildman–Crippen LogP) is 2.83. The van der Waals surface area contributed by atoms with Crippen LogP contribution in [0.2, 0.25) is 5.02 Å². The lowest BCUT2D eigenvalue weighted by Crippen LogP contribution is -2.62. The number of para-hydroxylation sites is 1. The topological polar surface area (TPSA) is 76.4 Å². The molecular weight excluding hydrogens is 454 g/mol. The number of aliphatic hydroxyl groups is 3. The summed E-state index contributed by atoms with van der Waals surface area (Å²) < 4.78 is 33.3. The van der Waals surface area contributed by atoms with Gasteiger partial charge in [0.1, 0.15) is 29.6 Å². The maximum atomic E-state index is 14.1. The van der Waals surface area contributed by atoms with Gasteiger partial charge in [-0.25, -0.2) is 8.78 Å². The second-order valence-electron chi connectivity index (χ2n) is 9.15. The van der Waals surface area contributed by atoms with E-state index in [9.17, 15) is 24.1 Å². The summed E-state index contributed by atoms with van der Waals surface area (Å²) in [4.78, 5) is 3.84. The number of likely N-dealkylation sites (tertiary alicyclic amines) is 1. The average Bonchev–Trinajstić information content (AvgIpc) is 2.78. The minimum Gasteiger partial charge on any atom is -0.490 e. The van der Waals surface area contributed by atoms with Gasteiger partial charge in [0.15, 0.2) is 0 Å².